The van der Waals surface area contributed by atoms with Crippen LogP contribution in [-0.2, 0) is 0 Å². The van der Waals surface area contributed by atoms with Crippen molar-refractivity contribution < 1.29 is 18.3 Å². The molecule has 0 saturated heterocycles. The molecular weight excluding hydrogens is 171 g/mol. The van der Waals surface area contributed by atoms with Crippen LogP contribution in [0.15, 0.2) is 16.1 Å². The Morgan fingerprint density at radius 1 is 1.50 bits per heavy atom. The highest BCUT2D eigenvalue weighted by Crippen LogP contribution is 2.27. The standard InChI is InChI=1S/C7H8F3NO/c1-4-2-11-6(5(4)3-12)7(8,9)10/h12H,2-3H2,1H3. The number of nitrogens with zero attached hydrogens (tertiary/aromatic N) is 1. The number of alkyl halides is 3. The van der Waals surface area contributed by atoms with Gasteiger partial charge in [-0.05, 0) is 12.5 Å². The van der Waals surface area contributed by atoms with Gasteiger partial charge in [-0.2, -0.15) is 13.2 Å². The van der Waals surface area contributed by atoms with Gasteiger partial charge in [0.05, 0.1) is 13.2 Å². The molecule has 2 nitrogen and oxygen atoms in total. The molecule has 5 heteroatoms. The number of hydrogen-bond acceptors (Lipinski definition) is 2. The summed E-state index contributed by atoms with van der Waals surface area (Å²) < 4.78 is 36.3. The highest BCUT2D eigenvalue weighted by Gasteiger charge is 2.40. The molecule has 0 amide bonds. The minimum absolute atomic E-state index is 0.0464. The van der Waals surface area contributed by atoms with Gasteiger partial charge in [0, 0.05) is 5.57 Å². The van der Waals surface area contributed by atoms with E-state index in [1.165, 1.54) is 6.92 Å². The minimum atomic E-state index is -4.43. The maximum Gasteiger partial charge on any atom is 0.433 e. The van der Waals surface area contributed by atoms with Crippen LogP contribution >= 0.6 is 0 Å². The van der Waals surface area contributed by atoms with Crippen LogP contribution < -0.4 is 0 Å². The number of rotatable bonds is 1. The summed E-state index contributed by atoms with van der Waals surface area (Å²) >= 11 is 0. The monoisotopic (exact) mass is 179 g/mol. The average Bonchev–Trinajstić information content (AvgIpc) is 2.29. The van der Waals surface area contributed by atoms with Crippen molar-refractivity contribution in [2.45, 2.75) is 13.1 Å². The lowest BCUT2D eigenvalue weighted by molar-refractivity contribution is -0.0585. The van der Waals surface area contributed by atoms with Crippen LogP contribution in [0.25, 0.3) is 0 Å². The Morgan fingerprint density at radius 2 is 2.08 bits per heavy atom. The first-order valence-corrected chi connectivity index (χ1v) is 3.38. The van der Waals surface area contributed by atoms with E-state index in [1.807, 2.05) is 0 Å². The lowest BCUT2D eigenvalue weighted by atomic mass is 10.1. The number of aliphatic imine (C=N–C) groups is 1. The highest BCUT2D eigenvalue weighted by atomic mass is 19.4. The largest absolute Gasteiger partial charge is 0.433 e. The molecule has 1 aliphatic rings. The molecule has 1 rings (SSSR count). The lowest BCUT2D eigenvalue weighted by Gasteiger charge is -2.08. The molecule has 68 valence electrons. The first-order valence-electron chi connectivity index (χ1n) is 3.38. The van der Waals surface area contributed by atoms with Crippen LogP contribution in [0, 0.1) is 0 Å². The van der Waals surface area contributed by atoms with Crippen LogP contribution in [0.2, 0.25) is 0 Å². The quantitative estimate of drug-likeness (QED) is 0.646. The summed E-state index contributed by atoms with van der Waals surface area (Å²) in [6.45, 7) is 0.989. The maximum absolute atomic E-state index is 12.1. The number of aliphatic hydroxyl groups excluding tert-OH is 1. The van der Waals surface area contributed by atoms with E-state index in [-0.39, 0.29) is 12.1 Å². The summed E-state index contributed by atoms with van der Waals surface area (Å²) in [5, 5.41) is 8.63. The number of halogens is 3. The Bertz CT molecular complexity index is 252. The molecule has 12 heavy (non-hydrogen) atoms. The summed E-state index contributed by atoms with van der Waals surface area (Å²) in [4.78, 5) is 3.30. The SMILES string of the molecule is CC1=C(CO)C(C(F)(F)F)=NC1. The molecule has 1 N–H and O–H groups in total. The molecule has 0 aliphatic carbocycles. The Balaban J connectivity index is 2.96. The molecule has 0 saturated carbocycles. The Morgan fingerprint density at radius 3 is 2.42 bits per heavy atom. The summed E-state index contributed by atoms with van der Waals surface area (Å²) in [6, 6.07) is 0. The van der Waals surface area contributed by atoms with Gasteiger partial charge in [-0.1, -0.05) is 0 Å². The van der Waals surface area contributed by atoms with Crippen molar-refractivity contribution in [3.8, 4) is 0 Å². The van der Waals surface area contributed by atoms with E-state index in [1.54, 1.807) is 0 Å². The van der Waals surface area contributed by atoms with Crippen LogP contribution in [-0.4, -0.2) is 30.1 Å². The molecule has 0 fully saturated rings. The Kier molecular flexibility index (Phi) is 2.23. The number of hydrogen-bond donors (Lipinski definition) is 1. The molecule has 0 spiro atoms. The fourth-order valence-corrected chi connectivity index (χ4v) is 1.06. The maximum atomic E-state index is 12.1. The summed E-state index contributed by atoms with van der Waals surface area (Å²) in [5.41, 5.74) is -0.519. The van der Waals surface area contributed by atoms with Gasteiger partial charge in [-0.3, -0.25) is 4.99 Å². The topological polar surface area (TPSA) is 32.6 Å². The van der Waals surface area contributed by atoms with Crippen molar-refractivity contribution in [3.63, 3.8) is 0 Å². The van der Waals surface area contributed by atoms with Gasteiger partial charge in [0.25, 0.3) is 0 Å². The summed E-state index contributed by atoms with van der Waals surface area (Å²) in [5.74, 6) is 0. The molecule has 1 aliphatic heterocycles. The third-order valence-electron chi connectivity index (χ3n) is 1.70. The molecule has 0 unspecified atom stereocenters. The minimum Gasteiger partial charge on any atom is -0.392 e. The van der Waals surface area contributed by atoms with E-state index in [4.69, 9.17) is 5.11 Å². The van der Waals surface area contributed by atoms with Crippen molar-refractivity contribution in [1.82, 2.24) is 0 Å². The fourth-order valence-electron chi connectivity index (χ4n) is 1.06. The van der Waals surface area contributed by atoms with Gasteiger partial charge in [0.1, 0.15) is 5.71 Å². The van der Waals surface area contributed by atoms with E-state index < -0.39 is 18.5 Å². The van der Waals surface area contributed by atoms with Crippen LogP contribution in [0.4, 0.5) is 13.2 Å². The zero-order valence-corrected chi connectivity index (χ0v) is 6.44. The smallest absolute Gasteiger partial charge is 0.392 e. The lowest BCUT2D eigenvalue weighted by Crippen LogP contribution is -2.25. The predicted octanol–water partition coefficient (Wildman–Crippen LogP) is 1.31. The normalized spacial score (nSPS) is 18.6. The first kappa shape index (κ1) is 9.25. The van der Waals surface area contributed by atoms with Crippen molar-refractivity contribution in [2.24, 2.45) is 4.99 Å². The van der Waals surface area contributed by atoms with Crippen molar-refractivity contribution in [2.75, 3.05) is 13.2 Å². The van der Waals surface area contributed by atoms with Gasteiger partial charge in [0.15, 0.2) is 0 Å². The average molecular weight is 179 g/mol. The molecule has 0 aromatic rings. The van der Waals surface area contributed by atoms with Gasteiger partial charge >= 0.3 is 6.18 Å². The Hall–Kier alpha value is -0.840. The van der Waals surface area contributed by atoms with E-state index >= 15 is 0 Å². The molecule has 0 bridgehead atoms. The second kappa shape index (κ2) is 2.90. The summed E-state index contributed by atoms with van der Waals surface area (Å²) in [7, 11) is 0. The predicted molar refractivity (Wildman–Crippen MR) is 38.1 cm³/mol. The zero-order chi connectivity index (χ0) is 9.35. The van der Waals surface area contributed by atoms with Crippen LogP contribution in [0.1, 0.15) is 6.92 Å². The number of aliphatic hydroxyl groups is 1. The Labute approximate surface area is 67.4 Å². The van der Waals surface area contributed by atoms with Gasteiger partial charge in [-0.25, -0.2) is 0 Å². The second-order valence-electron chi connectivity index (χ2n) is 2.58. The second-order valence-corrected chi connectivity index (χ2v) is 2.58. The van der Waals surface area contributed by atoms with Crippen molar-refractivity contribution in [3.05, 3.63) is 11.1 Å². The highest BCUT2D eigenvalue weighted by molar-refractivity contribution is 6.06. The van der Waals surface area contributed by atoms with E-state index in [0.29, 0.717) is 5.57 Å². The zero-order valence-electron chi connectivity index (χ0n) is 6.44. The van der Waals surface area contributed by atoms with Crippen LogP contribution in [0.3, 0.4) is 0 Å². The van der Waals surface area contributed by atoms with Crippen molar-refractivity contribution >= 4 is 5.71 Å². The van der Waals surface area contributed by atoms with Crippen molar-refractivity contribution in [1.29, 1.82) is 0 Å². The third kappa shape index (κ3) is 1.50. The van der Waals surface area contributed by atoms with E-state index in [9.17, 15) is 13.2 Å². The molecule has 0 atom stereocenters. The molecular formula is C7H8F3NO. The van der Waals surface area contributed by atoms with Gasteiger partial charge in [-0.15, -0.1) is 0 Å². The molecule has 0 aromatic carbocycles. The fraction of sp³-hybridized carbons (Fsp3) is 0.571. The van der Waals surface area contributed by atoms with Gasteiger partial charge < -0.3 is 5.11 Å². The van der Waals surface area contributed by atoms with E-state index in [0.717, 1.165) is 0 Å². The molecule has 1 heterocycles. The first-order chi connectivity index (χ1) is 5.46. The van der Waals surface area contributed by atoms with E-state index in [2.05, 4.69) is 4.99 Å². The third-order valence-corrected chi connectivity index (χ3v) is 1.70. The van der Waals surface area contributed by atoms with Crippen LogP contribution in [0.5, 0.6) is 0 Å². The van der Waals surface area contributed by atoms with Gasteiger partial charge in [0.2, 0.25) is 0 Å². The summed E-state index contributed by atoms with van der Waals surface area (Å²) in [6.07, 6.45) is -4.43. The molecule has 0 aromatic heterocycles. The molecule has 0 radical (unpaired) electrons.